The van der Waals surface area contributed by atoms with Crippen LogP contribution in [0.3, 0.4) is 0 Å². The number of hydrogen-bond donors (Lipinski definition) is 1. The lowest BCUT2D eigenvalue weighted by molar-refractivity contribution is 0.373. The van der Waals surface area contributed by atoms with Gasteiger partial charge in [0, 0.05) is 4.47 Å². The highest BCUT2D eigenvalue weighted by Gasteiger charge is 2.06. The topological polar surface area (TPSA) is 53.2 Å². The van der Waals surface area contributed by atoms with Gasteiger partial charge < -0.3 is 9.84 Å². The Morgan fingerprint density at radius 2 is 2.31 bits per heavy atom. The number of benzene rings is 1. The Morgan fingerprint density at radius 3 is 2.85 bits per heavy atom. The molecular formula is C9H8BrNO2. The van der Waals surface area contributed by atoms with E-state index in [-0.39, 0.29) is 12.2 Å². The highest BCUT2D eigenvalue weighted by atomic mass is 79.9. The summed E-state index contributed by atoms with van der Waals surface area (Å²) in [6.45, 7) is 0. The Bertz CT molecular complexity index is 357. The maximum atomic E-state index is 9.39. The maximum absolute atomic E-state index is 9.39. The molecule has 3 nitrogen and oxygen atoms in total. The Balaban J connectivity index is 3.14. The number of aromatic hydroxyl groups is 1. The highest BCUT2D eigenvalue weighted by Crippen LogP contribution is 2.32. The molecule has 1 rings (SSSR count). The van der Waals surface area contributed by atoms with Gasteiger partial charge in [0.2, 0.25) is 0 Å². The third-order valence-electron chi connectivity index (χ3n) is 1.62. The molecule has 1 aromatic rings. The van der Waals surface area contributed by atoms with E-state index >= 15 is 0 Å². The predicted octanol–water partition coefficient (Wildman–Crippen LogP) is 2.23. The van der Waals surface area contributed by atoms with Gasteiger partial charge in [0.15, 0.2) is 11.5 Å². The monoisotopic (exact) mass is 241 g/mol. The molecule has 0 saturated carbocycles. The summed E-state index contributed by atoms with van der Waals surface area (Å²) in [6, 6.07) is 5.17. The fourth-order valence-corrected chi connectivity index (χ4v) is 1.43. The summed E-state index contributed by atoms with van der Waals surface area (Å²) in [5, 5.41) is 17.9. The molecule has 0 bridgehead atoms. The average molecular weight is 242 g/mol. The van der Waals surface area contributed by atoms with Gasteiger partial charge in [0.25, 0.3) is 0 Å². The van der Waals surface area contributed by atoms with Crippen molar-refractivity contribution in [3.05, 3.63) is 22.2 Å². The van der Waals surface area contributed by atoms with Crippen LogP contribution in [0, 0.1) is 11.3 Å². The van der Waals surface area contributed by atoms with E-state index in [2.05, 4.69) is 15.9 Å². The lowest BCUT2D eigenvalue weighted by Crippen LogP contribution is -1.88. The van der Waals surface area contributed by atoms with E-state index in [0.29, 0.717) is 5.75 Å². The number of methoxy groups -OCH3 is 1. The van der Waals surface area contributed by atoms with Crippen LogP contribution in [0.2, 0.25) is 0 Å². The molecule has 0 aliphatic heterocycles. The number of ether oxygens (including phenoxy) is 1. The molecule has 0 atom stereocenters. The van der Waals surface area contributed by atoms with Crippen molar-refractivity contribution in [2.45, 2.75) is 6.42 Å². The quantitative estimate of drug-likeness (QED) is 0.865. The second kappa shape index (κ2) is 4.15. The summed E-state index contributed by atoms with van der Waals surface area (Å²) in [5.41, 5.74) is 0.751. The van der Waals surface area contributed by atoms with Crippen LogP contribution in [0.4, 0.5) is 0 Å². The van der Waals surface area contributed by atoms with E-state index in [4.69, 9.17) is 10.00 Å². The molecule has 0 heterocycles. The Kier molecular flexibility index (Phi) is 3.15. The Hall–Kier alpha value is -1.21. The van der Waals surface area contributed by atoms with Gasteiger partial charge in [-0.15, -0.1) is 0 Å². The van der Waals surface area contributed by atoms with Crippen LogP contribution in [-0.4, -0.2) is 12.2 Å². The fourth-order valence-electron chi connectivity index (χ4n) is 0.971. The fraction of sp³-hybridized carbons (Fsp3) is 0.222. The van der Waals surface area contributed by atoms with E-state index in [0.717, 1.165) is 10.0 Å². The van der Waals surface area contributed by atoms with Crippen LogP contribution in [0.5, 0.6) is 11.5 Å². The van der Waals surface area contributed by atoms with Crippen molar-refractivity contribution in [2.24, 2.45) is 0 Å². The molecule has 1 aromatic carbocycles. The Labute approximate surface area is 84.7 Å². The van der Waals surface area contributed by atoms with Crippen LogP contribution >= 0.6 is 15.9 Å². The standard InChI is InChI=1S/C9H8BrNO2/c1-13-9-5-7(10)6(2-3-11)4-8(9)12/h4-5,12H,2H2,1H3. The van der Waals surface area contributed by atoms with Gasteiger partial charge >= 0.3 is 0 Å². The third-order valence-corrected chi connectivity index (χ3v) is 2.36. The normalized spacial score (nSPS) is 9.31. The van der Waals surface area contributed by atoms with Crippen LogP contribution in [0.25, 0.3) is 0 Å². The lowest BCUT2D eigenvalue weighted by atomic mass is 10.1. The van der Waals surface area contributed by atoms with E-state index in [1.165, 1.54) is 13.2 Å². The summed E-state index contributed by atoms with van der Waals surface area (Å²) in [6.07, 6.45) is 0.262. The van der Waals surface area contributed by atoms with Crippen molar-refractivity contribution in [3.8, 4) is 17.6 Å². The zero-order valence-electron chi connectivity index (χ0n) is 7.04. The summed E-state index contributed by atoms with van der Waals surface area (Å²) in [7, 11) is 1.48. The molecule has 68 valence electrons. The number of nitriles is 1. The second-order valence-corrected chi connectivity index (χ2v) is 3.30. The Morgan fingerprint density at radius 1 is 1.62 bits per heavy atom. The molecular weight excluding hydrogens is 234 g/mol. The van der Waals surface area contributed by atoms with Crippen LogP contribution in [-0.2, 0) is 6.42 Å². The molecule has 0 spiro atoms. The number of phenols is 1. The van der Waals surface area contributed by atoms with Crippen molar-refractivity contribution >= 4 is 15.9 Å². The molecule has 4 heteroatoms. The smallest absolute Gasteiger partial charge is 0.161 e. The second-order valence-electron chi connectivity index (χ2n) is 2.45. The molecule has 1 N–H and O–H groups in total. The zero-order valence-corrected chi connectivity index (χ0v) is 8.63. The maximum Gasteiger partial charge on any atom is 0.161 e. The van der Waals surface area contributed by atoms with Crippen LogP contribution < -0.4 is 4.74 Å². The first-order valence-corrected chi connectivity index (χ1v) is 4.40. The van der Waals surface area contributed by atoms with Crippen LogP contribution in [0.1, 0.15) is 5.56 Å². The number of halogens is 1. The van der Waals surface area contributed by atoms with Gasteiger partial charge in [-0.2, -0.15) is 5.26 Å². The summed E-state index contributed by atoms with van der Waals surface area (Å²) >= 11 is 3.28. The first-order chi connectivity index (χ1) is 6.19. The SMILES string of the molecule is COc1cc(Br)c(CC#N)cc1O. The van der Waals surface area contributed by atoms with Gasteiger partial charge in [0.05, 0.1) is 19.6 Å². The first-order valence-electron chi connectivity index (χ1n) is 3.61. The van der Waals surface area contributed by atoms with E-state index in [9.17, 15) is 5.11 Å². The molecule has 0 aromatic heterocycles. The predicted molar refractivity (Wildman–Crippen MR) is 51.7 cm³/mol. The molecule has 0 aliphatic carbocycles. The minimum Gasteiger partial charge on any atom is -0.504 e. The largest absolute Gasteiger partial charge is 0.504 e. The molecule has 0 saturated heterocycles. The first kappa shape index (κ1) is 9.87. The third kappa shape index (κ3) is 2.13. The summed E-state index contributed by atoms with van der Waals surface area (Å²) in [5.74, 6) is 0.449. The lowest BCUT2D eigenvalue weighted by Gasteiger charge is -2.06. The van der Waals surface area contributed by atoms with Gasteiger partial charge in [-0.1, -0.05) is 15.9 Å². The summed E-state index contributed by atoms with van der Waals surface area (Å²) < 4.78 is 5.66. The minimum absolute atomic E-state index is 0.0518. The number of phenolic OH excluding ortho intramolecular Hbond substituents is 1. The number of hydrogen-bond acceptors (Lipinski definition) is 3. The number of nitrogens with zero attached hydrogens (tertiary/aromatic N) is 1. The summed E-state index contributed by atoms with van der Waals surface area (Å²) in [4.78, 5) is 0. The van der Waals surface area contributed by atoms with Crippen molar-refractivity contribution in [1.82, 2.24) is 0 Å². The van der Waals surface area contributed by atoms with Crippen molar-refractivity contribution in [1.29, 1.82) is 5.26 Å². The molecule has 0 aliphatic rings. The van der Waals surface area contributed by atoms with E-state index in [1.807, 2.05) is 6.07 Å². The minimum atomic E-state index is 0.0518. The van der Waals surface area contributed by atoms with Gasteiger partial charge in [0.1, 0.15) is 0 Å². The average Bonchev–Trinajstić information content (AvgIpc) is 2.11. The number of rotatable bonds is 2. The van der Waals surface area contributed by atoms with Crippen molar-refractivity contribution in [3.63, 3.8) is 0 Å². The molecule has 0 amide bonds. The van der Waals surface area contributed by atoms with Gasteiger partial charge in [-0.25, -0.2) is 0 Å². The van der Waals surface area contributed by atoms with Crippen molar-refractivity contribution in [2.75, 3.05) is 7.11 Å². The van der Waals surface area contributed by atoms with Gasteiger partial charge in [-0.05, 0) is 17.7 Å². The zero-order chi connectivity index (χ0) is 9.84. The molecule has 0 radical (unpaired) electrons. The molecule has 0 fully saturated rings. The van der Waals surface area contributed by atoms with Crippen LogP contribution in [0.15, 0.2) is 16.6 Å². The van der Waals surface area contributed by atoms with E-state index in [1.54, 1.807) is 6.07 Å². The molecule has 0 unspecified atom stereocenters. The van der Waals surface area contributed by atoms with Crippen molar-refractivity contribution < 1.29 is 9.84 Å². The van der Waals surface area contributed by atoms with Gasteiger partial charge in [-0.3, -0.25) is 0 Å². The van der Waals surface area contributed by atoms with E-state index < -0.39 is 0 Å². The highest BCUT2D eigenvalue weighted by molar-refractivity contribution is 9.10. The molecule has 13 heavy (non-hydrogen) atoms.